The molecule has 0 aromatic heterocycles. The molecule has 2 fully saturated rings. The van der Waals surface area contributed by atoms with Crippen LogP contribution in [0.3, 0.4) is 0 Å². The summed E-state index contributed by atoms with van der Waals surface area (Å²) >= 11 is 6.21. The maximum Gasteiger partial charge on any atom is 0.222 e. The van der Waals surface area contributed by atoms with Crippen molar-refractivity contribution < 1.29 is 4.79 Å². The molecule has 102 valence electrons. The number of nitrogens with zero attached hydrogens (tertiary/aromatic N) is 2. The van der Waals surface area contributed by atoms with Gasteiger partial charge in [0.15, 0.2) is 0 Å². The number of rotatable bonds is 2. The van der Waals surface area contributed by atoms with Crippen molar-refractivity contribution in [2.75, 3.05) is 25.4 Å². The number of carbonyl (C=O) groups is 1. The zero-order valence-electron chi connectivity index (χ0n) is 10.8. The fourth-order valence-corrected chi connectivity index (χ4v) is 3.28. The summed E-state index contributed by atoms with van der Waals surface area (Å²) in [6.45, 7) is 3.42. The number of amides is 1. The molecular formula is C14H18ClN3O. The molecule has 2 saturated heterocycles. The van der Waals surface area contributed by atoms with Gasteiger partial charge in [0.1, 0.15) is 0 Å². The molecule has 1 aromatic rings. The highest BCUT2D eigenvalue weighted by molar-refractivity contribution is 6.31. The third-order valence-electron chi connectivity index (χ3n) is 4.12. The largest absolute Gasteiger partial charge is 0.398 e. The van der Waals surface area contributed by atoms with Crippen LogP contribution in [-0.2, 0) is 11.3 Å². The van der Waals surface area contributed by atoms with Crippen LogP contribution in [0.25, 0.3) is 0 Å². The van der Waals surface area contributed by atoms with E-state index in [1.165, 1.54) is 0 Å². The number of halogens is 1. The number of carbonyl (C=O) groups excluding carboxylic acids is 1. The average molecular weight is 280 g/mol. The quantitative estimate of drug-likeness (QED) is 0.839. The van der Waals surface area contributed by atoms with E-state index >= 15 is 0 Å². The zero-order chi connectivity index (χ0) is 13.4. The molecule has 4 nitrogen and oxygen atoms in total. The van der Waals surface area contributed by atoms with Gasteiger partial charge in [-0.1, -0.05) is 17.7 Å². The van der Waals surface area contributed by atoms with Gasteiger partial charge in [0.25, 0.3) is 0 Å². The van der Waals surface area contributed by atoms with Crippen LogP contribution in [0.4, 0.5) is 5.69 Å². The Morgan fingerprint density at radius 3 is 3.00 bits per heavy atom. The van der Waals surface area contributed by atoms with Crippen molar-refractivity contribution in [2.24, 2.45) is 0 Å². The molecule has 0 radical (unpaired) electrons. The first-order valence-electron chi connectivity index (χ1n) is 6.70. The smallest absolute Gasteiger partial charge is 0.222 e. The van der Waals surface area contributed by atoms with E-state index in [4.69, 9.17) is 17.3 Å². The van der Waals surface area contributed by atoms with E-state index < -0.39 is 0 Å². The molecule has 1 atom stereocenters. The van der Waals surface area contributed by atoms with Gasteiger partial charge in [-0.25, -0.2) is 0 Å². The van der Waals surface area contributed by atoms with Gasteiger partial charge in [-0.05, 0) is 18.6 Å². The van der Waals surface area contributed by atoms with E-state index in [0.29, 0.717) is 18.4 Å². The van der Waals surface area contributed by atoms with Crippen molar-refractivity contribution in [1.82, 2.24) is 9.80 Å². The monoisotopic (exact) mass is 279 g/mol. The molecule has 2 aliphatic rings. The Hall–Kier alpha value is -1.26. The third kappa shape index (κ3) is 2.42. The lowest BCUT2D eigenvalue weighted by molar-refractivity contribution is -0.130. The normalized spacial score (nSPS) is 23.7. The highest BCUT2D eigenvalue weighted by atomic mass is 35.5. The summed E-state index contributed by atoms with van der Waals surface area (Å²) < 4.78 is 0. The summed E-state index contributed by atoms with van der Waals surface area (Å²) in [7, 11) is 0. The van der Waals surface area contributed by atoms with Crippen LogP contribution in [0.5, 0.6) is 0 Å². The van der Waals surface area contributed by atoms with Crippen LogP contribution < -0.4 is 5.73 Å². The van der Waals surface area contributed by atoms with Gasteiger partial charge in [-0.15, -0.1) is 0 Å². The Labute approximate surface area is 118 Å². The van der Waals surface area contributed by atoms with Crippen LogP contribution in [0.15, 0.2) is 18.2 Å². The van der Waals surface area contributed by atoms with Gasteiger partial charge in [0.05, 0.1) is 0 Å². The minimum atomic E-state index is 0.307. The molecule has 0 spiro atoms. The Bertz CT molecular complexity index is 485. The predicted octanol–water partition coefficient (Wildman–Crippen LogP) is 1.73. The predicted molar refractivity (Wildman–Crippen MR) is 75.9 cm³/mol. The summed E-state index contributed by atoms with van der Waals surface area (Å²) in [4.78, 5) is 16.0. The molecule has 2 aliphatic heterocycles. The number of fused-ring (bicyclic) bond motifs is 1. The van der Waals surface area contributed by atoms with Gasteiger partial charge >= 0.3 is 0 Å². The first-order chi connectivity index (χ1) is 9.15. The number of nitrogens with two attached hydrogens (primary N) is 1. The summed E-state index contributed by atoms with van der Waals surface area (Å²) in [6, 6.07) is 6.01. The SMILES string of the molecule is Nc1cccc(Cl)c1CN1CCN2C(=O)CCC2C1. The second-order valence-corrected chi connectivity index (χ2v) is 5.73. The maximum atomic E-state index is 11.6. The molecule has 1 aromatic carbocycles. The molecular weight excluding hydrogens is 262 g/mol. The van der Waals surface area contributed by atoms with Gasteiger partial charge in [-0.2, -0.15) is 0 Å². The zero-order valence-corrected chi connectivity index (χ0v) is 11.6. The minimum Gasteiger partial charge on any atom is -0.398 e. The molecule has 0 saturated carbocycles. The number of nitrogen functional groups attached to an aromatic ring is 1. The van der Waals surface area contributed by atoms with Crippen LogP contribution in [0.2, 0.25) is 5.02 Å². The second-order valence-electron chi connectivity index (χ2n) is 5.32. The van der Waals surface area contributed by atoms with Crippen molar-refractivity contribution in [2.45, 2.75) is 25.4 Å². The molecule has 1 unspecified atom stereocenters. The van der Waals surface area contributed by atoms with Crippen molar-refractivity contribution >= 4 is 23.2 Å². The molecule has 19 heavy (non-hydrogen) atoms. The van der Waals surface area contributed by atoms with Gasteiger partial charge in [0.2, 0.25) is 5.91 Å². The summed E-state index contributed by atoms with van der Waals surface area (Å²) in [5.74, 6) is 0.307. The minimum absolute atomic E-state index is 0.307. The van der Waals surface area contributed by atoms with Crippen LogP contribution in [0, 0.1) is 0 Å². The molecule has 2 heterocycles. The fourth-order valence-electron chi connectivity index (χ4n) is 3.04. The number of hydrogen-bond donors (Lipinski definition) is 1. The van der Waals surface area contributed by atoms with E-state index in [0.717, 1.165) is 48.9 Å². The molecule has 1 amide bonds. The summed E-state index contributed by atoms with van der Waals surface area (Å²) in [5.41, 5.74) is 7.74. The molecule has 0 aliphatic carbocycles. The van der Waals surface area contributed by atoms with Gasteiger partial charge in [0, 0.05) is 54.9 Å². The summed E-state index contributed by atoms with van der Waals surface area (Å²) in [5, 5.41) is 0.727. The highest BCUT2D eigenvalue weighted by Crippen LogP contribution is 2.27. The Kier molecular flexibility index (Phi) is 3.37. The number of hydrogen-bond acceptors (Lipinski definition) is 3. The lowest BCUT2D eigenvalue weighted by atomic mass is 10.1. The number of piperazine rings is 1. The van der Waals surface area contributed by atoms with Crippen molar-refractivity contribution in [3.63, 3.8) is 0 Å². The molecule has 0 bridgehead atoms. The van der Waals surface area contributed by atoms with Crippen LogP contribution >= 0.6 is 11.6 Å². The lowest BCUT2D eigenvalue weighted by Gasteiger charge is -2.37. The van der Waals surface area contributed by atoms with Crippen LogP contribution in [0.1, 0.15) is 18.4 Å². The van der Waals surface area contributed by atoms with E-state index in [1.54, 1.807) is 0 Å². The van der Waals surface area contributed by atoms with Gasteiger partial charge < -0.3 is 10.6 Å². The highest BCUT2D eigenvalue weighted by Gasteiger charge is 2.35. The Balaban J connectivity index is 1.70. The van der Waals surface area contributed by atoms with Crippen molar-refractivity contribution in [3.8, 4) is 0 Å². The van der Waals surface area contributed by atoms with Crippen molar-refractivity contribution in [3.05, 3.63) is 28.8 Å². The average Bonchev–Trinajstić information content (AvgIpc) is 2.76. The van der Waals surface area contributed by atoms with E-state index in [9.17, 15) is 4.79 Å². The van der Waals surface area contributed by atoms with E-state index in [2.05, 4.69) is 4.90 Å². The standard InChI is InChI=1S/C14H18ClN3O/c15-12-2-1-3-13(16)11(12)9-17-6-7-18-10(8-17)4-5-14(18)19/h1-3,10H,4-9,16H2. The van der Waals surface area contributed by atoms with E-state index in [-0.39, 0.29) is 0 Å². The van der Waals surface area contributed by atoms with E-state index in [1.807, 2.05) is 23.1 Å². The molecule has 5 heteroatoms. The lowest BCUT2D eigenvalue weighted by Crippen LogP contribution is -2.51. The van der Waals surface area contributed by atoms with Crippen molar-refractivity contribution in [1.29, 1.82) is 0 Å². The topological polar surface area (TPSA) is 49.6 Å². The van der Waals surface area contributed by atoms with Gasteiger partial charge in [-0.3, -0.25) is 9.69 Å². The second kappa shape index (κ2) is 5.02. The number of benzene rings is 1. The maximum absolute atomic E-state index is 11.6. The summed E-state index contributed by atoms with van der Waals surface area (Å²) in [6.07, 6.45) is 1.68. The number of anilines is 1. The molecule has 3 rings (SSSR count). The van der Waals surface area contributed by atoms with Crippen LogP contribution in [-0.4, -0.2) is 41.4 Å². The first-order valence-corrected chi connectivity index (χ1v) is 7.07. The Morgan fingerprint density at radius 1 is 1.37 bits per heavy atom. The third-order valence-corrected chi connectivity index (χ3v) is 4.47. The fraction of sp³-hybridized carbons (Fsp3) is 0.500. The molecule has 2 N–H and O–H groups in total. The Morgan fingerprint density at radius 2 is 2.21 bits per heavy atom. The first kappa shape index (κ1) is 12.8.